The fourth-order valence-corrected chi connectivity index (χ4v) is 2.34. The first-order chi connectivity index (χ1) is 10.2. The van der Waals surface area contributed by atoms with E-state index in [-0.39, 0.29) is 5.76 Å². The number of hydrogen-bond acceptors (Lipinski definition) is 3. The molecule has 0 aliphatic rings. The number of rotatable bonds is 3. The molecule has 0 radical (unpaired) electrons. The molecule has 0 amide bonds. The van der Waals surface area contributed by atoms with Crippen LogP contribution in [0, 0.1) is 25.2 Å². The first kappa shape index (κ1) is 13.3. The van der Waals surface area contributed by atoms with Crippen LogP contribution in [0.25, 0.3) is 11.0 Å². The lowest BCUT2D eigenvalue weighted by molar-refractivity contribution is 0.303. The summed E-state index contributed by atoms with van der Waals surface area (Å²) in [6.45, 7) is 4.53. The van der Waals surface area contributed by atoms with Crippen LogP contribution in [-0.4, -0.2) is 0 Å². The Morgan fingerprint density at radius 2 is 1.95 bits per heavy atom. The van der Waals surface area contributed by atoms with Crippen molar-refractivity contribution in [2.45, 2.75) is 20.5 Å². The number of benzene rings is 2. The van der Waals surface area contributed by atoms with Gasteiger partial charge in [-0.1, -0.05) is 35.9 Å². The summed E-state index contributed by atoms with van der Waals surface area (Å²) in [7, 11) is 0. The Balaban J connectivity index is 1.95. The summed E-state index contributed by atoms with van der Waals surface area (Å²) >= 11 is 0. The highest BCUT2D eigenvalue weighted by Gasteiger charge is 2.15. The number of hydrogen-bond donors (Lipinski definition) is 0. The van der Waals surface area contributed by atoms with Crippen LogP contribution in [0.15, 0.2) is 46.9 Å². The largest absolute Gasteiger partial charge is 0.483 e. The molecule has 0 fully saturated rings. The lowest BCUT2D eigenvalue weighted by Crippen LogP contribution is -1.99. The molecule has 0 bridgehead atoms. The Bertz CT molecular complexity index is 840. The minimum absolute atomic E-state index is 0.224. The maximum atomic E-state index is 9.19. The fraction of sp³-hybridized carbons (Fsp3) is 0.167. The van der Waals surface area contributed by atoms with Gasteiger partial charge in [0.05, 0.1) is 5.39 Å². The molecule has 3 rings (SSSR count). The maximum Gasteiger partial charge on any atom is 0.246 e. The predicted octanol–water partition coefficient (Wildman–Crippen LogP) is 4.50. The highest BCUT2D eigenvalue weighted by molar-refractivity contribution is 5.86. The molecule has 0 aliphatic carbocycles. The van der Waals surface area contributed by atoms with Gasteiger partial charge >= 0.3 is 0 Å². The van der Waals surface area contributed by atoms with Crippen molar-refractivity contribution < 1.29 is 9.15 Å². The zero-order valence-electron chi connectivity index (χ0n) is 12.0. The van der Waals surface area contributed by atoms with Gasteiger partial charge in [0.2, 0.25) is 5.76 Å². The second-order valence-corrected chi connectivity index (χ2v) is 5.09. The van der Waals surface area contributed by atoms with Crippen LogP contribution in [0.3, 0.4) is 0 Å². The first-order valence-electron chi connectivity index (χ1n) is 6.79. The van der Waals surface area contributed by atoms with Crippen LogP contribution in [0.4, 0.5) is 0 Å². The Morgan fingerprint density at radius 1 is 1.14 bits per heavy atom. The van der Waals surface area contributed by atoms with E-state index >= 15 is 0 Å². The third-order valence-corrected chi connectivity index (χ3v) is 3.53. The Kier molecular flexibility index (Phi) is 3.37. The lowest BCUT2D eigenvalue weighted by atomic mass is 10.1. The molecule has 2 aromatic carbocycles. The molecule has 0 spiro atoms. The van der Waals surface area contributed by atoms with Gasteiger partial charge in [-0.2, -0.15) is 5.26 Å². The molecule has 0 aliphatic heterocycles. The van der Waals surface area contributed by atoms with Crippen molar-refractivity contribution in [1.29, 1.82) is 5.26 Å². The van der Waals surface area contributed by atoms with Gasteiger partial charge in [0.25, 0.3) is 0 Å². The van der Waals surface area contributed by atoms with Crippen LogP contribution in [0.5, 0.6) is 5.75 Å². The number of para-hydroxylation sites is 1. The standard InChI is InChI=1S/C18H15NO2/c1-12-7-8-13(2)14(9-12)11-20-18-15-5-3-4-6-16(15)21-17(18)10-19/h3-9H,11H2,1-2H3. The van der Waals surface area contributed by atoms with Gasteiger partial charge in [0, 0.05) is 0 Å². The topological polar surface area (TPSA) is 46.2 Å². The van der Waals surface area contributed by atoms with Crippen LogP contribution < -0.4 is 4.74 Å². The van der Waals surface area contributed by atoms with E-state index in [0.29, 0.717) is 17.9 Å². The normalized spacial score (nSPS) is 10.5. The number of ether oxygens (including phenoxy) is 1. The van der Waals surface area contributed by atoms with Crippen LogP contribution in [-0.2, 0) is 6.61 Å². The quantitative estimate of drug-likeness (QED) is 0.708. The lowest BCUT2D eigenvalue weighted by Gasteiger charge is -2.08. The third kappa shape index (κ3) is 2.48. The van der Waals surface area contributed by atoms with Gasteiger partial charge in [-0.15, -0.1) is 0 Å². The van der Waals surface area contributed by atoms with E-state index in [1.807, 2.05) is 24.3 Å². The second-order valence-electron chi connectivity index (χ2n) is 5.09. The predicted molar refractivity (Wildman–Crippen MR) is 81.2 cm³/mol. The van der Waals surface area contributed by atoms with Gasteiger partial charge in [-0.05, 0) is 37.1 Å². The van der Waals surface area contributed by atoms with Crippen molar-refractivity contribution in [3.05, 3.63) is 64.9 Å². The third-order valence-electron chi connectivity index (χ3n) is 3.53. The Hall–Kier alpha value is -2.73. The molecule has 1 heterocycles. The second kappa shape index (κ2) is 5.34. The highest BCUT2D eigenvalue weighted by Crippen LogP contribution is 2.33. The van der Waals surface area contributed by atoms with Crippen LogP contribution >= 0.6 is 0 Å². The molecule has 0 N–H and O–H groups in total. The van der Waals surface area contributed by atoms with E-state index in [4.69, 9.17) is 9.15 Å². The van der Waals surface area contributed by atoms with E-state index < -0.39 is 0 Å². The summed E-state index contributed by atoms with van der Waals surface area (Å²) in [5, 5.41) is 10.0. The van der Waals surface area contributed by atoms with Crippen LogP contribution in [0.2, 0.25) is 0 Å². The van der Waals surface area contributed by atoms with Gasteiger partial charge < -0.3 is 9.15 Å². The van der Waals surface area contributed by atoms with Gasteiger partial charge in [-0.25, -0.2) is 0 Å². The number of nitrogens with zero attached hydrogens (tertiary/aromatic N) is 1. The monoisotopic (exact) mass is 277 g/mol. The zero-order valence-corrected chi connectivity index (χ0v) is 12.0. The Morgan fingerprint density at radius 3 is 2.76 bits per heavy atom. The molecule has 104 valence electrons. The molecule has 3 aromatic rings. The average Bonchev–Trinajstić information content (AvgIpc) is 2.86. The van der Waals surface area contributed by atoms with Crippen LogP contribution in [0.1, 0.15) is 22.5 Å². The van der Waals surface area contributed by atoms with E-state index in [0.717, 1.165) is 10.9 Å². The molecule has 21 heavy (non-hydrogen) atoms. The SMILES string of the molecule is Cc1ccc(C)c(COc2c(C#N)oc3ccccc23)c1. The van der Waals surface area contributed by atoms with Gasteiger partial charge in [0.1, 0.15) is 18.3 Å². The molecular formula is C18H15NO2. The fourth-order valence-electron chi connectivity index (χ4n) is 2.34. The number of furan rings is 1. The van der Waals surface area contributed by atoms with E-state index in [9.17, 15) is 5.26 Å². The first-order valence-corrected chi connectivity index (χ1v) is 6.79. The molecule has 0 atom stereocenters. The number of fused-ring (bicyclic) bond motifs is 1. The minimum atomic E-state index is 0.224. The summed E-state index contributed by atoms with van der Waals surface area (Å²) in [6, 6.07) is 15.8. The van der Waals surface area contributed by atoms with Crippen molar-refractivity contribution in [2.75, 3.05) is 0 Å². The summed E-state index contributed by atoms with van der Waals surface area (Å²) in [5.74, 6) is 0.746. The average molecular weight is 277 g/mol. The smallest absolute Gasteiger partial charge is 0.246 e. The van der Waals surface area contributed by atoms with Crippen molar-refractivity contribution in [3.8, 4) is 11.8 Å². The summed E-state index contributed by atoms with van der Waals surface area (Å²) in [6.07, 6.45) is 0. The number of nitriles is 1. The molecular weight excluding hydrogens is 262 g/mol. The van der Waals surface area contributed by atoms with Gasteiger partial charge in [-0.3, -0.25) is 0 Å². The summed E-state index contributed by atoms with van der Waals surface area (Å²) < 4.78 is 11.4. The van der Waals surface area contributed by atoms with Crippen molar-refractivity contribution in [1.82, 2.24) is 0 Å². The molecule has 0 saturated heterocycles. The molecule has 3 heteroatoms. The van der Waals surface area contributed by atoms with Gasteiger partial charge in [0.15, 0.2) is 5.75 Å². The van der Waals surface area contributed by atoms with E-state index in [1.165, 1.54) is 11.1 Å². The zero-order chi connectivity index (χ0) is 14.8. The molecule has 3 nitrogen and oxygen atoms in total. The number of aryl methyl sites for hydroxylation is 2. The van der Waals surface area contributed by atoms with Crippen molar-refractivity contribution in [2.24, 2.45) is 0 Å². The van der Waals surface area contributed by atoms with E-state index in [2.05, 4.69) is 38.1 Å². The Labute approximate surface area is 123 Å². The molecule has 0 saturated carbocycles. The van der Waals surface area contributed by atoms with E-state index in [1.54, 1.807) is 0 Å². The highest BCUT2D eigenvalue weighted by atomic mass is 16.5. The summed E-state index contributed by atoms with van der Waals surface area (Å²) in [4.78, 5) is 0. The molecule has 1 aromatic heterocycles. The van der Waals surface area contributed by atoms with Crippen molar-refractivity contribution in [3.63, 3.8) is 0 Å². The molecule has 0 unspecified atom stereocenters. The maximum absolute atomic E-state index is 9.19. The van der Waals surface area contributed by atoms with Crippen molar-refractivity contribution >= 4 is 11.0 Å². The minimum Gasteiger partial charge on any atom is -0.483 e. The summed E-state index contributed by atoms with van der Waals surface area (Å²) in [5.41, 5.74) is 4.15.